The van der Waals surface area contributed by atoms with Crippen LogP contribution in [-0.2, 0) is 0 Å². The molecule has 1 heterocycles. The Morgan fingerprint density at radius 2 is 2.00 bits per heavy atom. The van der Waals surface area contributed by atoms with Crippen molar-refractivity contribution < 1.29 is 0 Å². The first-order chi connectivity index (χ1) is 7.92. The van der Waals surface area contributed by atoms with E-state index in [9.17, 15) is 0 Å². The van der Waals surface area contributed by atoms with Crippen molar-refractivity contribution in [3.63, 3.8) is 0 Å². The van der Waals surface area contributed by atoms with Crippen molar-refractivity contribution in [2.24, 2.45) is 4.99 Å². The minimum atomic E-state index is 0.955. The van der Waals surface area contributed by atoms with E-state index < -0.39 is 0 Å². The summed E-state index contributed by atoms with van der Waals surface area (Å²) in [6, 6.07) is 10.5. The normalized spacial score (nSPS) is 15.3. The standard InChI is InChI=1S/C14H20N2/c1-2-3-7-11-16-12-10-15-14(16)13-8-5-4-6-9-13/h4-6,8-9H,2-3,7,10-12H2,1H3. The van der Waals surface area contributed by atoms with Gasteiger partial charge < -0.3 is 4.90 Å². The zero-order valence-corrected chi connectivity index (χ0v) is 10.0. The third kappa shape index (κ3) is 2.63. The molecule has 0 radical (unpaired) electrons. The molecule has 0 N–H and O–H groups in total. The molecule has 0 saturated carbocycles. The van der Waals surface area contributed by atoms with E-state index in [1.807, 2.05) is 0 Å². The molecule has 86 valence electrons. The highest BCUT2D eigenvalue weighted by molar-refractivity contribution is 5.99. The van der Waals surface area contributed by atoms with Gasteiger partial charge in [-0.3, -0.25) is 4.99 Å². The second-order valence-electron chi connectivity index (χ2n) is 4.27. The maximum atomic E-state index is 4.61. The van der Waals surface area contributed by atoms with Gasteiger partial charge >= 0.3 is 0 Å². The molecule has 0 amide bonds. The molecule has 1 aliphatic heterocycles. The summed E-state index contributed by atoms with van der Waals surface area (Å²) in [5, 5.41) is 0. The third-order valence-electron chi connectivity index (χ3n) is 2.99. The molecule has 1 aromatic carbocycles. The van der Waals surface area contributed by atoms with E-state index >= 15 is 0 Å². The molecule has 0 unspecified atom stereocenters. The van der Waals surface area contributed by atoms with Crippen molar-refractivity contribution >= 4 is 5.84 Å². The van der Waals surface area contributed by atoms with E-state index in [1.54, 1.807) is 0 Å². The van der Waals surface area contributed by atoms with Crippen LogP contribution in [0.25, 0.3) is 0 Å². The fourth-order valence-corrected chi connectivity index (χ4v) is 2.11. The lowest BCUT2D eigenvalue weighted by Crippen LogP contribution is -2.29. The van der Waals surface area contributed by atoms with Gasteiger partial charge in [-0.1, -0.05) is 50.1 Å². The first-order valence-electron chi connectivity index (χ1n) is 6.26. The topological polar surface area (TPSA) is 15.6 Å². The SMILES string of the molecule is CCCCCN1CCN=C1c1ccccc1. The molecule has 1 aromatic rings. The van der Waals surface area contributed by atoms with Crippen LogP contribution in [0.15, 0.2) is 35.3 Å². The molecular formula is C14H20N2. The molecule has 0 aliphatic carbocycles. The van der Waals surface area contributed by atoms with E-state index in [4.69, 9.17) is 0 Å². The molecular weight excluding hydrogens is 196 g/mol. The highest BCUT2D eigenvalue weighted by Gasteiger charge is 2.17. The summed E-state index contributed by atoms with van der Waals surface area (Å²) in [7, 11) is 0. The largest absolute Gasteiger partial charge is 0.355 e. The predicted octanol–water partition coefficient (Wildman–Crippen LogP) is 2.94. The van der Waals surface area contributed by atoms with Gasteiger partial charge in [-0.05, 0) is 6.42 Å². The highest BCUT2D eigenvalue weighted by Crippen LogP contribution is 2.12. The molecule has 16 heavy (non-hydrogen) atoms. The quantitative estimate of drug-likeness (QED) is 0.691. The summed E-state index contributed by atoms with van der Waals surface area (Å²) in [5.74, 6) is 1.19. The summed E-state index contributed by atoms with van der Waals surface area (Å²) in [5.41, 5.74) is 1.26. The van der Waals surface area contributed by atoms with Crippen molar-refractivity contribution in [1.82, 2.24) is 4.90 Å². The van der Waals surface area contributed by atoms with Gasteiger partial charge in [-0.15, -0.1) is 0 Å². The fraction of sp³-hybridized carbons (Fsp3) is 0.500. The molecule has 0 bridgehead atoms. The Labute approximate surface area is 98.0 Å². The van der Waals surface area contributed by atoms with Crippen LogP contribution in [0.4, 0.5) is 0 Å². The zero-order chi connectivity index (χ0) is 11.2. The molecule has 0 saturated heterocycles. The molecule has 2 nitrogen and oxygen atoms in total. The first kappa shape index (κ1) is 11.2. The molecule has 0 atom stereocenters. The molecule has 0 fully saturated rings. The highest BCUT2D eigenvalue weighted by atomic mass is 15.2. The number of aliphatic imine (C=N–C) groups is 1. The number of hydrogen-bond acceptors (Lipinski definition) is 2. The first-order valence-corrected chi connectivity index (χ1v) is 6.26. The van der Waals surface area contributed by atoms with Gasteiger partial charge in [0, 0.05) is 18.7 Å². The lowest BCUT2D eigenvalue weighted by Gasteiger charge is -2.20. The Kier molecular flexibility index (Phi) is 3.97. The van der Waals surface area contributed by atoms with E-state index in [0.29, 0.717) is 0 Å². The summed E-state index contributed by atoms with van der Waals surface area (Å²) < 4.78 is 0. The van der Waals surface area contributed by atoms with Gasteiger partial charge in [0.2, 0.25) is 0 Å². The molecule has 2 heteroatoms. The minimum absolute atomic E-state index is 0.955. The average Bonchev–Trinajstić information content (AvgIpc) is 2.79. The van der Waals surface area contributed by atoms with Gasteiger partial charge in [-0.2, -0.15) is 0 Å². The van der Waals surface area contributed by atoms with Crippen molar-refractivity contribution in [3.8, 4) is 0 Å². The van der Waals surface area contributed by atoms with Crippen LogP contribution < -0.4 is 0 Å². The van der Waals surface area contributed by atoms with Crippen LogP contribution >= 0.6 is 0 Å². The van der Waals surface area contributed by atoms with E-state index in [1.165, 1.54) is 30.7 Å². The van der Waals surface area contributed by atoms with Crippen LogP contribution in [0.3, 0.4) is 0 Å². The van der Waals surface area contributed by atoms with Gasteiger partial charge in [0.15, 0.2) is 0 Å². The van der Waals surface area contributed by atoms with E-state index in [2.05, 4.69) is 47.1 Å². The summed E-state index contributed by atoms with van der Waals surface area (Å²) in [6.45, 7) is 5.45. The van der Waals surface area contributed by atoms with Crippen LogP contribution in [0.5, 0.6) is 0 Å². The predicted molar refractivity (Wildman–Crippen MR) is 68.9 cm³/mol. The number of rotatable bonds is 5. The van der Waals surface area contributed by atoms with Crippen molar-refractivity contribution in [2.75, 3.05) is 19.6 Å². The third-order valence-corrected chi connectivity index (χ3v) is 2.99. The molecule has 1 aliphatic rings. The maximum absolute atomic E-state index is 4.61. The number of benzene rings is 1. The number of nitrogens with zero attached hydrogens (tertiary/aromatic N) is 2. The zero-order valence-electron chi connectivity index (χ0n) is 10.0. The Morgan fingerprint density at radius 3 is 2.75 bits per heavy atom. The molecule has 2 rings (SSSR count). The Balaban J connectivity index is 1.98. The van der Waals surface area contributed by atoms with Crippen molar-refractivity contribution in [1.29, 1.82) is 0 Å². The van der Waals surface area contributed by atoms with Crippen molar-refractivity contribution in [2.45, 2.75) is 26.2 Å². The number of hydrogen-bond donors (Lipinski definition) is 0. The molecule has 0 aromatic heterocycles. The van der Waals surface area contributed by atoms with Crippen molar-refractivity contribution in [3.05, 3.63) is 35.9 Å². The summed E-state index contributed by atoms with van der Waals surface area (Å²) >= 11 is 0. The van der Waals surface area contributed by atoms with Gasteiger partial charge in [-0.25, -0.2) is 0 Å². The Morgan fingerprint density at radius 1 is 1.19 bits per heavy atom. The summed E-state index contributed by atoms with van der Waals surface area (Å²) in [6.07, 6.45) is 3.88. The lowest BCUT2D eigenvalue weighted by atomic mass is 10.2. The van der Waals surface area contributed by atoms with Gasteiger partial charge in [0.05, 0.1) is 6.54 Å². The van der Waals surface area contributed by atoms with E-state index in [-0.39, 0.29) is 0 Å². The lowest BCUT2D eigenvalue weighted by molar-refractivity contribution is 0.437. The maximum Gasteiger partial charge on any atom is 0.131 e. The Bertz CT molecular complexity index is 343. The number of amidine groups is 1. The average molecular weight is 216 g/mol. The summed E-state index contributed by atoms with van der Waals surface area (Å²) in [4.78, 5) is 7.03. The van der Waals surface area contributed by atoms with E-state index in [0.717, 1.165) is 19.6 Å². The monoisotopic (exact) mass is 216 g/mol. The molecule has 0 spiro atoms. The van der Waals surface area contributed by atoms with Gasteiger partial charge in [0.25, 0.3) is 0 Å². The minimum Gasteiger partial charge on any atom is -0.355 e. The van der Waals surface area contributed by atoms with Crippen LogP contribution in [-0.4, -0.2) is 30.4 Å². The fourth-order valence-electron chi connectivity index (χ4n) is 2.11. The number of unbranched alkanes of at least 4 members (excludes halogenated alkanes) is 2. The second-order valence-corrected chi connectivity index (χ2v) is 4.27. The Hall–Kier alpha value is -1.31. The van der Waals surface area contributed by atoms with Gasteiger partial charge in [0.1, 0.15) is 5.84 Å². The smallest absolute Gasteiger partial charge is 0.131 e. The van der Waals surface area contributed by atoms with Crippen LogP contribution in [0.2, 0.25) is 0 Å². The van der Waals surface area contributed by atoms with Crippen LogP contribution in [0.1, 0.15) is 31.7 Å². The second kappa shape index (κ2) is 5.69. The van der Waals surface area contributed by atoms with Crippen LogP contribution in [0, 0.1) is 0 Å².